The molecule has 0 saturated carbocycles. The van der Waals surface area contributed by atoms with E-state index in [0.29, 0.717) is 16.9 Å². The van der Waals surface area contributed by atoms with Crippen LogP contribution in [0.4, 0.5) is 0 Å². The lowest BCUT2D eigenvalue weighted by Gasteiger charge is -2.27. The van der Waals surface area contributed by atoms with Gasteiger partial charge in [0.25, 0.3) is 11.7 Å². The molecule has 35 heavy (non-hydrogen) atoms. The number of aromatic nitrogens is 1. The van der Waals surface area contributed by atoms with E-state index >= 15 is 0 Å². The van der Waals surface area contributed by atoms with Crippen molar-refractivity contribution in [2.45, 2.75) is 45.7 Å². The first kappa shape index (κ1) is 24.2. The van der Waals surface area contributed by atoms with Crippen molar-refractivity contribution in [3.05, 3.63) is 100 Å². The van der Waals surface area contributed by atoms with Gasteiger partial charge in [-0.25, -0.2) is 0 Å². The molecule has 6 nitrogen and oxygen atoms in total. The topological polar surface area (TPSA) is 79.7 Å². The lowest BCUT2D eigenvalue weighted by molar-refractivity contribution is -0.140. The number of ketones is 1. The number of rotatable bonds is 5. The molecule has 1 amide bonds. The minimum absolute atomic E-state index is 0.0581. The first-order valence-electron chi connectivity index (χ1n) is 11.5. The average molecular weight is 471 g/mol. The van der Waals surface area contributed by atoms with Crippen molar-refractivity contribution in [1.82, 2.24) is 9.88 Å². The largest absolute Gasteiger partial charge is 0.507 e. The fourth-order valence-electron chi connectivity index (χ4n) is 4.43. The van der Waals surface area contributed by atoms with Gasteiger partial charge in [0.05, 0.1) is 18.7 Å². The molecule has 0 bridgehead atoms. The van der Waals surface area contributed by atoms with Crippen LogP contribution in [0.1, 0.15) is 54.6 Å². The standard InChI is InChI=1S/C29H30N2O4/c1-18-10-11-20(29(2,3)4)16-22(18)26(32)24-25(21-8-6-7-9-23(21)35-5)31(28(34)27(24)33)17-19-12-14-30-15-13-19/h6-16,25,32H,17H2,1-5H3/b26-24+. The van der Waals surface area contributed by atoms with Gasteiger partial charge in [-0.2, -0.15) is 0 Å². The molecule has 0 aliphatic carbocycles. The van der Waals surface area contributed by atoms with E-state index in [1.807, 2.05) is 43.3 Å². The highest BCUT2D eigenvalue weighted by atomic mass is 16.5. The molecule has 6 heteroatoms. The third-order valence-electron chi connectivity index (χ3n) is 6.43. The highest BCUT2D eigenvalue weighted by Crippen LogP contribution is 2.44. The second-order valence-electron chi connectivity index (χ2n) is 9.80. The van der Waals surface area contributed by atoms with Crippen molar-refractivity contribution >= 4 is 17.4 Å². The Kier molecular flexibility index (Phi) is 6.48. The summed E-state index contributed by atoms with van der Waals surface area (Å²) in [6.07, 6.45) is 3.29. The number of likely N-dealkylation sites (tertiary alicyclic amines) is 1. The third kappa shape index (κ3) is 4.56. The van der Waals surface area contributed by atoms with Gasteiger partial charge in [-0.15, -0.1) is 0 Å². The molecule has 2 heterocycles. The monoisotopic (exact) mass is 470 g/mol. The zero-order chi connectivity index (χ0) is 25.3. The summed E-state index contributed by atoms with van der Waals surface area (Å²) in [4.78, 5) is 32.3. The Bertz CT molecular complexity index is 1310. The maximum atomic E-state index is 13.4. The van der Waals surface area contributed by atoms with Gasteiger partial charge in [0.2, 0.25) is 0 Å². The Balaban J connectivity index is 1.95. The third-order valence-corrected chi connectivity index (χ3v) is 6.43. The number of pyridine rings is 1. The first-order chi connectivity index (χ1) is 16.6. The maximum Gasteiger partial charge on any atom is 0.295 e. The summed E-state index contributed by atoms with van der Waals surface area (Å²) in [6.45, 7) is 8.33. The summed E-state index contributed by atoms with van der Waals surface area (Å²) in [5, 5.41) is 11.6. The summed E-state index contributed by atoms with van der Waals surface area (Å²) in [7, 11) is 1.55. The van der Waals surface area contributed by atoms with Crippen LogP contribution in [0.25, 0.3) is 5.76 Å². The number of ether oxygens (including phenoxy) is 1. The number of amides is 1. The molecule has 2 aromatic carbocycles. The Morgan fingerprint density at radius 2 is 1.74 bits per heavy atom. The van der Waals surface area contributed by atoms with E-state index in [4.69, 9.17) is 4.74 Å². The molecule has 3 aromatic rings. The van der Waals surface area contributed by atoms with Gasteiger partial charge in [0.15, 0.2) is 0 Å². The van der Waals surface area contributed by atoms with Crippen molar-refractivity contribution in [3.63, 3.8) is 0 Å². The number of methoxy groups -OCH3 is 1. The van der Waals surface area contributed by atoms with Crippen LogP contribution < -0.4 is 4.74 Å². The molecule has 1 saturated heterocycles. The van der Waals surface area contributed by atoms with Crippen molar-refractivity contribution in [1.29, 1.82) is 0 Å². The van der Waals surface area contributed by atoms with Crippen LogP contribution in [0.5, 0.6) is 5.75 Å². The number of nitrogens with zero attached hydrogens (tertiary/aromatic N) is 2. The van der Waals surface area contributed by atoms with Gasteiger partial charge in [-0.05, 0) is 53.3 Å². The van der Waals surface area contributed by atoms with E-state index in [1.54, 1.807) is 37.7 Å². The zero-order valence-corrected chi connectivity index (χ0v) is 20.7. The average Bonchev–Trinajstić information content (AvgIpc) is 3.08. The Morgan fingerprint density at radius 1 is 1.06 bits per heavy atom. The van der Waals surface area contributed by atoms with Crippen molar-refractivity contribution in [2.24, 2.45) is 0 Å². The van der Waals surface area contributed by atoms with E-state index in [0.717, 1.165) is 16.7 Å². The van der Waals surface area contributed by atoms with Crippen LogP contribution in [0.15, 0.2) is 72.6 Å². The minimum Gasteiger partial charge on any atom is -0.507 e. The fourth-order valence-corrected chi connectivity index (χ4v) is 4.43. The number of carbonyl (C=O) groups excluding carboxylic acids is 2. The Labute approximate surface area is 205 Å². The Hall–Kier alpha value is -3.93. The summed E-state index contributed by atoms with van der Waals surface area (Å²) < 4.78 is 5.58. The summed E-state index contributed by atoms with van der Waals surface area (Å²) in [5.74, 6) is -1.03. The van der Waals surface area contributed by atoms with Crippen molar-refractivity contribution in [2.75, 3.05) is 7.11 Å². The molecule has 1 fully saturated rings. The molecule has 4 rings (SSSR count). The molecule has 0 radical (unpaired) electrons. The van der Waals surface area contributed by atoms with E-state index in [2.05, 4.69) is 25.8 Å². The molecule has 0 spiro atoms. The normalized spacial score (nSPS) is 17.6. The predicted molar refractivity (Wildman–Crippen MR) is 135 cm³/mol. The van der Waals surface area contributed by atoms with Crippen LogP contribution in [-0.2, 0) is 21.5 Å². The quantitative estimate of drug-likeness (QED) is 0.310. The van der Waals surface area contributed by atoms with Gasteiger partial charge in [-0.1, -0.05) is 51.1 Å². The minimum atomic E-state index is -0.808. The summed E-state index contributed by atoms with van der Waals surface area (Å²) in [5.41, 5.74) is 3.74. The number of hydrogen-bond acceptors (Lipinski definition) is 5. The second kappa shape index (κ2) is 9.37. The smallest absolute Gasteiger partial charge is 0.295 e. The first-order valence-corrected chi connectivity index (χ1v) is 11.5. The van der Waals surface area contributed by atoms with Gasteiger partial charge in [0.1, 0.15) is 11.5 Å². The lowest BCUT2D eigenvalue weighted by Crippen LogP contribution is -2.29. The lowest BCUT2D eigenvalue weighted by atomic mass is 9.84. The summed E-state index contributed by atoms with van der Waals surface area (Å²) >= 11 is 0. The molecular formula is C29H30N2O4. The van der Waals surface area contributed by atoms with E-state index in [9.17, 15) is 14.7 Å². The van der Waals surface area contributed by atoms with E-state index in [-0.39, 0.29) is 23.3 Å². The maximum absolute atomic E-state index is 13.4. The highest BCUT2D eigenvalue weighted by Gasteiger charge is 2.47. The van der Waals surface area contributed by atoms with E-state index in [1.165, 1.54) is 4.90 Å². The van der Waals surface area contributed by atoms with Crippen LogP contribution in [0.3, 0.4) is 0 Å². The highest BCUT2D eigenvalue weighted by molar-refractivity contribution is 6.46. The summed E-state index contributed by atoms with van der Waals surface area (Å²) in [6, 6.07) is 15.9. The molecule has 1 atom stereocenters. The number of carbonyl (C=O) groups is 2. The number of Topliss-reactive ketones (excluding diaryl/α,β-unsaturated/α-hetero) is 1. The Morgan fingerprint density at radius 3 is 2.40 bits per heavy atom. The molecular weight excluding hydrogens is 440 g/mol. The molecule has 1 aliphatic rings. The van der Waals surface area contributed by atoms with E-state index < -0.39 is 17.7 Å². The van der Waals surface area contributed by atoms with Crippen LogP contribution in [-0.4, -0.2) is 33.8 Å². The number of aryl methyl sites for hydroxylation is 1. The fraction of sp³-hybridized carbons (Fsp3) is 0.276. The molecule has 1 N–H and O–H groups in total. The van der Waals surface area contributed by atoms with Crippen molar-refractivity contribution in [3.8, 4) is 5.75 Å². The van der Waals surface area contributed by atoms with Gasteiger partial charge < -0.3 is 14.7 Å². The predicted octanol–water partition coefficient (Wildman–Crippen LogP) is 5.32. The van der Waals surface area contributed by atoms with Gasteiger partial charge in [-0.3, -0.25) is 14.6 Å². The molecule has 1 aliphatic heterocycles. The van der Waals surface area contributed by atoms with Crippen LogP contribution in [0, 0.1) is 6.92 Å². The van der Waals surface area contributed by atoms with Crippen LogP contribution in [0.2, 0.25) is 0 Å². The number of para-hydroxylation sites is 1. The number of aliphatic hydroxyl groups is 1. The second-order valence-corrected chi connectivity index (χ2v) is 9.80. The molecule has 1 aromatic heterocycles. The number of benzene rings is 2. The number of aliphatic hydroxyl groups excluding tert-OH is 1. The SMILES string of the molecule is COc1ccccc1C1/C(=C(\O)c2cc(C(C)(C)C)ccc2C)C(=O)C(=O)N1Cc1ccncc1. The number of hydrogen-bond donors (Lipinski definition) is 1. The van der Waals surface area contributed by atoms with Gasteiger partial charge >= 0.3 is 0 Å². The van der Waals surface area contributed by atoms with Crippen LogP contribution >= 0.6 is 0 Å². The molecule has 1 unspecified atom stereocenters. The van der Waals surface area contributed by atoms with Crippen molar-refractivity contribution < 1.29 is 19.4 Å². The molecule has 180 valence electrons. The van der Waals surface area contributed by atoms with Gasteiger partial charge in [0, 0.05) is 30.1 Å². The zero-order valence-electron chi connectivity index (χ0n) is 20.7.